The molecule has 0 aliphatic heterocycles. The second kappa shape index (κ2) is 12.3. The molecule has 0 spiro atoms. The average Bonchev–Trinajstić information content (AvgIpc) is 3.34. The molecule has 0 bridgehead atoms. The summed E-state index contributed by atoms with van der Waals surface area (Å²) in [6.45, 7) is 9.13. The maximum Gasteiger partial charge on any atom is 0.264 e. The fourth-order valence-electron chi connectivity index (χ4n) is 4.21. The minimum absolute atomic E-state index is 0.129. The number of rotatable bonds is 11. The van der Waals surface area contributed by atoms with Crippen molar-refractivity contribution < 1.29 is 13.2 Å². The van der Waals surface area contributed by atoms with Gasteiger partial charge in [0.2, 0.25) is 0 Å². The Kier molecular flexibility index (Phi) is 9.04. The fraction of sp³-hybridized carbons (Fsp3) is 0.286. The number of hydrogen-bond donors (Lipinski definition) is 0. The van der Waals surface area contributed by atoms with Gasteiger partial charge in [0, 0.05) is 30.2 Å². The van der Waals surface area contributed by atoms with E-state index in [9.17, 15) is 13.2 Å². The Labute approximate surface area is 233 Å². The molecule has 7 nitrogen and oxygen atoms in total. The molecule has 0 atom stereocenters. The Hall–Kier alpha value is -2.98. The number of anilines is 2. The molecule has 38 heavy (non-hydrogen) atoms. The van der Waals surface area contributed by atoms with Gasteiger partial charge >= 0.3 is 0 Å². The molecule has 0 saturated carbocycles. The Balaban J connectivity index is 1.64. The van der Waals surface area contributed by atoms with Gasteiger partial charge in [-0.15, -0.1) is 0 Å². The highest BCUT2D eigenvalue weighted by Gasteiger charge is 2.26. The highest BCUT2D eigenvalue weighted by atomic mass is 35.5. The van der Waals surface area contributed by atoms with Crippen LogP contribution in [0.25, 0.3) is 10.2 Å². The summed E-state index contributed by atoms with van der Waals surface area (Å²) in [7, 11) is -3.79. The molecule has 1 amide bonds. The number of aromatic nitrogens is 1. The van der Waals surface area contributed by atoms with Crippen molar-refractivity contribution in [3.8, 4) is 0 Å². The third-order valence-corrected chi connectivity index (χ3v) is 9.56. The Morgan fingerprint density at radius 3 is 2.21 bits per heavy atom. The number of sulfonamides is 1. The first-order valence-corrected chi connectivity index (χ1v) is 15.2. The van der Waals surface area contributed by atoms with Gasteiger partial charge < -0.3 is 4.90 Å². The molecule has 0 N–H and O–H groups in total. The molecular weight excluding hydrogens is 540 g/mol. The fourth-order valence-corrected chi connectivity index (χ4v) is 6.94. The van der Waals surface area contributed by atoms with Crippen molar-refractivity contribution in [2.45, 2.75) is 25.7 Å². The molecule has 4 aromatic rings. The van der Waals surface area contributed by atoms with E-state index in [2.05, 4.69) is 18.7 Å². The van der Waals surface area contributed by atoms with Gasteiger partial charge in [-0.25, -0.2) is 13.4 Å². The van der Waals surface area contributed by atoms with Crippen LogP contribution in [0.15, 0.2) is 77.7 Å². The van der Waals surface area contributed by atoms with Crippen molar-refractivity contribution in [1.29, 1.82) is 0 Å². The highest BCUT2D eigenvalue weighted by Crippen LogP contribution is 2.32. The third-order valence-electron chi connectivity index (χ3n) is 6.37. The lowest BCUT2D eigenvalue weighted by Crippen LogP contribution is -2.39. The number of thiazole rings is 1. The first-order chi connectivity index (χ1) is 18.3. The monoisotopic (exact) mass is 570 g/mol. The maximum absolute atomic E-state index is 13.7. The second-order valence-corrected chi connectivity index (χ2v) is 11.9. The zero-order valence-corrected chi connectivity index (χ0v) is 24.1. The van der Waals surface area contributed by atoms with Crippen LogP contribution >= 0.6 is 22.9 Å². The number of fused-ring (bicyclic) bond motifs is 1. The van der Waals surface area contributed by atoms with Gasteiger partial charge in [0.15, 0.2) is 5.13 Å². The van der Waals surface area contributed by atoms with Crippen molar-refractivity contribution in [3.63, 3.8) is 0 Å². The van der Waals surface area contributed by atoms with Gasteiger partial charge in [0.05, 0.1) is 20.8 Å². The SMILES string of the molecule is CCN(CC)CCN(C(=O)c1ccc(S(=O)(=O)N(CC)c2ccccc2)cc1)c1nc2ccc(Cl)cc2s1. The molecule has 0 saturated heterocycles. The van der Waals surface area contributed by atoms with Crippen molar-refractivity contribution >= 4 is 59.9 Å². The van der Waals surface area contributed by atoms with E-state index in [-0.39, 0.29) is 17.3 Å². The average molecular weight is 571 g/mol. The molecule has 0 fully saturated rings. The van der Waals surface area contributed by atoms with Crippen molar-refractivity contribution in [1.82, 2.24) is 9.88 Å². The van der Waals surface area contributed by atoms with Gasteiger partial charge in [0.1, 0.15) is 0 Å². The number of benzene rings is 3. The van der Waals surface area contributed by atoms with E-state index >= 15 is 0 Å². The second-order valence-electron chi connectivity index (χ2n) is 8.62. The summed E-state index contributed by atoms with van der Waals surface area (Å²) in [5.74, 6) is -0.235. The number of halogens is 1. The van der Waals surface area contributed by atoms with Crippen LogP contribution in [0, 0.1) is 0 Å². The number of amides is 1. The zero-order valence-electron chi connectivity index (χ0n) is 21.7. The molecular formula is C28H31ClN4O3S2. The van der Waals surface area contributed by atoms with Crippen molar-refractivity contribution in [2.75, 3.05) is 41.9 Å². The van der Waals surface area contributed by atoms with Crippen LogP contribution in [0.2, 0.25) is 5.02 Å². The molecule has 1 heterocycles. The molecule has 0 aliphatic carbocycles. The Bertz CT molecular complexity index is 1490. The van der Waals surface area contributed by atoms with Gasteiger partial charge in [-0.1, -0.05) is 55.0 Å². The van der Waals surface area contributed by atoms with Crippen LogP contribution in [0.3, 0.4) is 0 Å². The molecule has 200 valence electrons. The standard InChI is InChI=1S/C28H31ClN4O3S2/c1-4-31(5-2)18-19-32(28-30-25-17-14-22(29)20-26(25)37-28)27(34)21-12-15-24(16-13-21)38(35,36)33(6-3)23-10-8-7-9-11-23/h7-17,20H,4-6,18-19H2,1-3H3. The molecule has 0 radical (unpaired) electrons. The Morgan fingerprint density at radius 1 is 0.895 bits per heavy atom. The number of nitrogens with zero attached hydrogens (tertiary/aromatic N) is 4. The maximum atomic E-state index is 13.7. The van der Waals surface area contributed by atoms with E-state index in [0.717, 1.165) is 23.3 Å². The summed E-state index contributed by atoms with van der Waals surface area (Å²) in [6.07, 6.45) is 0. The smallest absolute Gasteiger partial charge is 0.264 e. The predicted molar refractivity (Wildman–Crippen MR) is 157 cm³/mol. The summed E-state index contributed by atoms with van der Waals surface area (Å²) in [4.78, 5) is 22.5. The van der Waals surface area contributed by atoms with Gasteiger partial charge in [0.25, 0.3) is 15.9 Å². The molecule has 1 aromatic heterocycles. The van der Waals surface area contributed by atoms with Crippen molar-refractivity contribution in [2.24, 2.45) is 0 Å². The third kappa shape index (κ3) is 6.02. The van der Waals surface area contributed by atoms with Crippen LogP contribution in [0.5, 0.6) is 0 Å². The summed E-state index contributed by atoms with van der Waals surface area (Å²) in [5, 5.41) is 1.19. The van der Waals surface area contributed by atoms with E-state index in [0.29, 0.717) is 34.5 Å². The molecule has 0 aliphatic rings. The van der Waals surface area contributed by atoms with E-state index in [1.807, 2.05) is 18.2 Å². The van der Waals surface area contributed by atoms with Gasteiger partial charge in [-0.2, -0.15) is 0 Å². The molecule has 4 rings (SSSR count). The van der Waals surface area contributed by atoms with E-state index in [1.54, 1.807) is 54.3 Å². The van der Waals surface area contributed by atoms with Crippen LogP contribution in [0.1, 0.15) is 31.1 Å². The summed E-state index contributed by atoms with van der Waals surface area (Å²) in [6, 6.07) is 20.6. The van der Waals surface area contributed by atoms with Crippen LogP contribution < -0.4 is 9.21 Å². The number of hydrogen-bond acceptors (Lipinski definition) is 6. The van der Waals surface area contributed by atoms with Crippen LogP contribution in [-0.2, 0) is 10.0 Å². The summed E-state index contributed by atoms with van der Waals surface area (Å²) >= 11 is 7.58. The van der Waals surface area contributed by atoms with Crippen LogP contribution in [-0.4, -0.2) is 56.9 Å². The van der Waals surface area contributed by atoms with Gasteiger partial charge in [-0.3, -0.25) is 14.0 Å². The largest absolute Gasteiger partial charge is 0.302 e. The highest BCUT2D eigenvalue weighted by molar-refractivity contribution is 7.92. The van der Waals surface area contributed by atoms with Crippen molar-refractivity contribution in [3.05, 3.63) is 83.4 Å². The summed E-state index contributed by atoms with van der Waals surface area (Å²) < 4.78 is 29.0. The Morgan fingerprint density at radius 2 is 1.58 bits per heavy atom. The minimum Gasteiger partial charge on any atom is -0.302 e. The molecule has 3 aromatic carbocycles. The zero-order chi connectivity index (χ0) is 27.3. The summed E-state index contributed by atoms with van der Waals surface area (Å²) in [5.41, 5.74) is 1.76. The predicted octanol–water partition coefficient (Wildman–Crippen LogP) is 6.15. The molecule has 10 heteroatoms. The van der Waals surface area contributed by atoms with E-state index in [1.165, 1.54) is 27.8 Å². The first kappa shape index (κ1) is 28.0. The molecule has 0 unspecified atom stereocenters. The number of carbonyl (C=O) groups excluding carboxylic acids is 1. The quantitative estimate of drug-likeness (QED) is 0.216. The van der Waals surface area contributed by atoms with E-state index in [4.69, 9.17) is 16.6 Å². The number of para-hydroxylation sites is 1. The van der Waals surface area contributed by atoms with Gasteiger partial charge in [-0.05, 0) is 74.6 Å². The topological polar surface area (TPSA) is 73.8 Å². The lowest BCUT2D eigenvalue weighted by Gasteiger charge is -2.25. The first-order valence-electron chi connectivity index (χ1n) is 12.6. The number of likely N-dealkylation sites (N-methyl/N-ethyl adjacent to an activating group) is 1. The normalized spacial score (nSPS) is 11.7. The lowest BCUT2D eigenvalue weighted by atomic mass is 10.2. The number of carbonyl (C=O) groups is 1. The van der Waals surface area contributed by atoms with E-state index < -0.39 is 10.0 Å². The lowest BCUT2D eigenvalue weighted by molar-refractivity contribution is 0.0983. The van der Waals surface area contributed by atoms with Crippen LogP contribution in [0.4, 0.5) is 10.8 Å². The minimum atomic E-state index is -3.79.